The van der Waals surface area contributed by atoms with Crippen LogP contribution in [0.3, 0.4) is 0 Å². The van der Waals surface area contributed by atoms with E-state index in [1.165, 1.54) is 19.3 Å². The summed E-state index contributed by atoms with van der Waals surface area (Å²) in [5, 5.41) is 11.6. The summed E-state index contributed by atoms with van der Waals surface area (Å²) in [5.74, 6) is -1.24. The Morgan fingerprint density at radius 3 is 2.43 bits per heavy atom. The molecule has 0 N–H and O–H groups in total. The standard InChI is InChI=1S/C14H12FNO4S/c1-20-14(17)12-4-2-3-5-13(12)16-21(18,19)11-8-6-10(15)7-9-11/h2-9,17H,1H3/p-1. The van der Waals surface area contributed by atoms with Gasteiger partial charge in [-0.15, -0.1) is 0 Å². The SMILES string of the molecule is COC([O-])=C1C=CC=CC1=NS(=O)(=O)c1ccc(F)cc1. The van der Waals surface area contributed by atoms with Crippen molar-refractivity contribution in [3.8, 4) is 0 Å². The summed E-state index contributed by atoms with van der Waals surface area (Å²) in [5.41, 5.74) is -0.000591. The van der Waals surface area contributed by atoms with Crippen LogP contribution in [-0.4, -0.2) is 21.2 Å². The minimum absolute atomic E-state index is 0.0330. The van der Waals surface area contributed by atoms with E-state index >= 15 is 0 Å². The highest BCUT2D eigenvalue weighted by molar-refractivity contribution is 7.90. The Bertz CT molecular complexity index is 759. The number of hydrogen-bond donors (Lipinski definition) is 0. The van der Waals surface area contributed by atoms with Crippen LogP contribution >= 0.6 is 0 Å². The number of allylic oxidation sites excluding steroid dienone is 5. The molecule has 2 rings (SSSR count). The summed E-state index contributed by atoms with van der Waals surface area (Å²) in [4.78, 5) is -0.163. The highest BCUT2D eigenvalue weighted by Gasteiger charge is 2.16. The predicted molar refractivity (Wildman–Crippen MR) is 73.3 cm³/mol. The second kappa shape index (κ2) is 5.92. The minimum atomic E-state index is -4.04. The van der Waals surface area contributed by atoms with Gasteiger partial charge in [0.25, 0.3) is 10.0 Å². The van der Waals surface area contributed by atoms with Crippen LogP contribution in [0.5, 0.6) is 0 Å². The molecule has 0 radical (unpaired) electrons. The highest BCUT2D eigenvalue weighted by Crippen LogP contribution is 2.18. The second-order valence-corrected chi connectivity index (χ2v) is 5.63. The molecule has 0 amide bonds. The van der Waals surface area contributed by atoms with Crippen LogP contribution in [-0.2, 0) is 14.8 Å². The molecule has 0 unspecified atom stereocenters. The summed E-state index contributed by atoms with van der Waals surface area (Å²) < 4.78 is 45.3. The third-order valence-electron chi connectivity index (χ3n) is 2.64. The van der Waals surface area contributed by atoms with Crippen LogP contribution in [0.25, 0.3) is 0 Å². The fraction of sp³-hybridized carbons (Fsp3) is 0.0714. The van der Waals surface area contributed by atoms with E-state index in [-0.39, 0.29) is 16.2 Å². The largest absolute Gasteiger partial charge is 0.616 e. The molecule has 0 atom stereocenters. The van der Waals surface area contributed by atoms with Gasteiger partial charge < -0.3 is 9.84 Å². The van der Waals surface area contributed by atoms with Crippen molar-refractivity contribution in [3.05, 3.63) is 65.9 Å². The van der Waals surface area contributed by atoms with Gasteiger partial charge >= 0.3 is 0 Å². The van der Waals surface area contributed by atoms with Crippen LogP contribution in [0.2, 0.25) is 0 Å². The molecular formula is C14H11FNO4S-. The first-order chi connectivity index (χ1) is 9.94. The lowest BCUT2D eigenvalue weighted by atomic mass is 10.1. The molecule has 1 aromatic rings. The van der Waals surface area contributed by atoms with E-state index < -0.39 is 21.8 Å². The lowest BCUT2D eigenvalue weighted by Crippen LogP contribution is -2.15. The van der Waals surface area contributed by atoms with E-state index in [1.807, 2.05) is 0 Å². The van der Waals surface area contributed by atoms with Crippen molar-refractivity contribution in [3.63, 3.8) is 0 Å². The van der Waals surface area contributed by atoms with Crippen LogP contribution in [0.15, 0.2) is 69.4 Å². The topological polar surface area (TPSA) is 78.8 Å². The first-order valence-electron chi connectivity index (χ1n) is 5.85. The van der Waals surface area contributed by atoms with Gasteiger partial charge in [0.05, 0.1) is 16.6 Å². The first-order valence-corrected chi connectivity index (χ1v) is 7.29. The Hall–Kier alpha value is -2.41. The quantitative estimate of drug-likeness (QED) is 0.788. The molecule has 1 aromatic carbocycles. The summed E-state index contributed by atoms with van der Waals surface area (Å²) >= 11 is 0. The van der Waals surface area contributed by atoms with Crippen molar-refractivity contribution in [2.75, 3.05) is 7.11 Å². The number of rotatable bonds is 3. The third-order valence-corrected chi connectivity index (χ3v) is 3.94. The van der Waals surface area contributed by atoms with Gasteiger partial charge in [-0.2, -0.15) is 12.8 Å². The Kier molecular flexibility index (Phi) is 4.23. The average Bonchev–Trinajstić information content (AvgIpc) is 2.47. The van der Waals surface area contributed by atoms with E-state index in [4.69, 9.17) is 0 Å². The molecule has 0 saturated heterocycles. The van der Waals surface area contributed by atoms with Crippen molar-refractivity contribution < 1.29 is 22.7 Å². The molecule has 110 valence electrons. The molecule has 0 saturated carbocycles. The van der Waals surface area contributed by atoms with Crippen LogP contribution in [0.4, 0.5) is 4.39 Å². The van der Waals surface area contributed by atoms with E-state index in [0.29, 0.717) is 0 Å². The first kappa shape index (κ1) is 15.0. The van der Waals surface area contributed by atoms with Crippen molar-refractivity contribution in [1.29, 1.82) is 0 Å². The smallest absolute Gasteiger partial charge is 0.282 e. The Balaban J connectivity index is 2.48. The number of nitrogens with zero attached hydrogens (tertiary/aromatic N) is 1. The van der Waals surface area contributed by atoms with Crippen molar-refractivity contribution in [2.24, 2.45) is 4.40 Å². The Morgan fingerprint density at radius 1 is 1.19 bits per heavy atom. The fourth-order valence-electron chi connectivity index (χ4n) is 1.62. The number of sulfonamides is 1. The molecule has 0 aliphatic heterocycles. The van der Waals surface area contributed by atoms with Crippen LogP contribution in [0, 0.1) is 5.82 Å². The van der Waals surface area contributed by atoms with Gasteiger partial charge in [-0.25, -0.2) is 4.39 Å². The van der Waals surface area contributed by atoms with Gasteiger partial charge in [-0.05, 0) is 37.5 Å². The summed E-state index contributed by atoms with van der Waals surface area (Å²) in [7, 11) is -2.86. The van der Waals surface area contributed by atoms with Gasteiger partial charge in [0.15, 0.2) is 0 Å². The number of halogens is 1. The number of benzene rings is 1. The van der Waals surface area contributed by atoms with E-state index in [2.05, 4.69) is 9.13 Å². The highest BCUT2D eigenvalue weighted by atomic mass is 32.2. The molecule has 0 spiro atoms. The maximum Gasteiger partial charge on any atom is 0.282 e. The van der Waals surface area contributed by atoms with Gasteiger partial charge in [0.2, 0.25) is 0 Å². The maximum absolute atomic E-state index is 12.8. The number of hydrogen-bond acceptors (Lipinski definition) is 4. The van der Waals surface area contributed by atoms with Gasteiger partial charge in [0, 0.05) is 5.57 Å². The molecule has 5 nitrogen and oxygen atoms in total. The fourth-order valence-corrected chi connectivity index (χ4v) is 2.63. The summed E-state index contributed by atoms with van der Waals surface area (Å²) in [6.07, 6.45) is 5.90. The predicted octanol–water partition coefficient (Wildman–Crippen LogP) is 1.30. The molecule has 1 aliphatic carbocycles. The normalized spacial score (nSPS) is 18.9. The van der Waals surface area contributed by atoms with Crippen LogP contribution in [0.1, 0.15) is 0 Å². The summed E-state index contributed by atoms with van der Waals surface area (Å²) in [6.45, 7) is 0. The van der Waals surface area contributed by atoms with E-state index in [1.54, 1.807) is 12.2 Å². The molecule has 21 heavy (non-hydrogen) atoms. The number of ether oxygens (including phenoxy) is 1. The number of methoxy groups -OCH3 is 1. The Labute approximate surface area is 121 Å². The molecule has 7 heteroatoms. The zero-order valence-electron chi connectivity index (χ0n) is 11.0. The van der Waals surface area contributed by atoms with Crippen LogP contribution < -0.4 is 5.11 Å². The lowest BCUT2D eigenvalue weighted by Gasteiger charge is -2.15. The summed E-state index contributed by atoms with van der Waals surface area (Å²) in [6, 6.07) is 4.26. The van der Waals surface area contributed by atoms with Crippen molar-refractivity contribution >= 4 is 15.7 Å². The molecular weight excluding hydrogens is 297 g/mol. The monoisotopic (exact) mass is 308 g/mol. The Morgan fingerprint density at radius 2 is 1.81 bits per heavy atom. The zero-order valence-corrected chi connectivity index (χ0v) is 11.8. The van der Waals surface area contributed by atoms with E-state index in [0.717, 1.165) is 24.3 Å². The van der Waals surface area contributed by atoms with Crippen molar-refractivity contribution in [2.45, 2.75) is 4.90 Å². The lowest BCUT2D eigenvalue weighted by molar-refractivity contribution is -0.354. The average molecular weight is 308 g/mol. The molecule has 0 bridgehead atoms. The second-order valence-electron chi connectivity index (χ2n) is 4.03. The minimum Gasteiger partial charge on any atom is -0.616 e. The zero-order chi connectivity index (χ0) is 15.5. The third kappa shape index (κ3) is 3.38. The molecule has 0 heterocycles. The molecule has 0 aromatic heterocycles. The van der Waals surface area contributed by atoms with Gasteiger partial charge in [-0.1, -0.05) is 18.2 Å². The van der Waals surface area contributed by atoms with E-state index in [9.17, 15) is 17.9 Å². The van der Waals surface area contributed by atoms with Gasteiger partial charge in [0.1, 0.15) is 5.82 Å². The molecule has 0 fully saturated rings. The van der Waals surface area contributed by atoms with Crippen molar-refractivity contribution in [1.82, 2.24) is 0 Å². The maximum atomic E-state index is 12.8. The van der Waals surface area contributed by atoms with Gasteiger partial charge in [-0.3, -0.25) is 0 Å². The molecule has 1 aliphatic rings.